The number of carbonyl (C=O) groups excluding carboxylic acids is 1. The Hall–Kier alpha value is -0.310. The van der Waals surface area contributed by atoms with Gasteiger partial charge in [0, 0.05) is 0 Å². The van der Waals surface area contributed by atoms with E-state index in [0.29, 0.717) is 0 Å². The zero-order valence-electron chi connectivity index (χ0n) is 4.36. The van der Waals surface area contributed by atoms with Crippen LogP contribution in [0, 0.1) is 0 Å². The predicted octanol–water partition coefficient (Wildman–Crippen LogP) is 0.736. The molecule has 0 aromatic heterocycles. The molecule has 0 heterocycles. The molecule has 0 saturated carbocycles. The quantitative estimate of drug-likeness (QED) is 0.418. The zero-order chi connectivity index (χ0) is 6.57. The number of halogens is 2. The van der Waals surface area contributed by atoms with Crippen LogP contribution in [0.25, 0.3) is 0 Å². The largest absolute Gasteiger partial charge is 0.468 e. The molecule has 0 spiro atoms. The third-order valence-electron chi connectivity index (χ3n) is 0.592. The fourth-order valence-corrected chi connectivity index (χ4v) is 0.280. The van der Waals surface area contributed by atoms with Gasteiger partial charge in [0.2, 0.25) is 0 Å². The summed E-state index contributed by atoms with van der Waals surface area (Å²) in [5.74, 6) is -0.728. The highest BCUT2D eigenvalue weighted by Crippen LogP contribution is 1.97. The molecule has 1 atom stereocenters. The summed E-state index contributed by atoms with van der Waals surface area (Å²) >= 11 is 5.07. The van der Waals surface area contributed by atoms with Gasteiger partial charge in [-0.1, -0.05) is 0 Å². The van der Waals surface area contributed by atoms with Crippen molar-refractivity contribution in [3.05, 3.63) is 0 Å². The predicted molar refractivity (Wildman–Crippen MR) is 27.6 cm³/mol. The minimum atomic E-state index is -1.14. The number of esters is 1. The lowest BCUT2D eigenvalue weighted by atomic mass is 10.5. The summed E-state index contributed by atoms with van der Waals surface area (Å²) in [6.45, 7) is -0.881. The average molecular weight is 141 g/mol. The molecule has 0 aliphatic carbocycles. The van der Waals surface area contributed by atoms with Crippen LogP contribution in [0.3, 0.4) is 0 Å². The van der Waals surface area contributed by atoms with Crippen molar-refractivity contribution in [2.75, 3.05) is 13.8 Å². The topological polar surface area (TPSA) is 26.3 Å². The van der Waals surface area contributed by atoms with Crippen molar-refractivity contribution < 1.29 is 13.9 Å². The molecular weight excluding hydrogens is 134 g/mol. The number of hydrogen-bond donors (Lipinski definition) is 0. The van der Waals surface area contributed by atoms with E-state index in [1.165, 1.54) is 0 Å². The van der Waals surface area contributed by atoms with Crippen LogP contribution in [-0.2, 0) is 9.53 Å². The van der Waals surface area contributed by atoms with Crippen molar-refractivity contribution in [1.29, 1.82) is 0 Å². The number of alkyl halides is 2. The smallest absolute Gasteiger partial charge is 0.326 e. The van der Waals surface area contributed by atoms with Gasteiger partial charge in [-0.2, -0.15) is 0 Å². The van der Waals surface area contributed by atoms with E-state index >= 15 is 0 Å². The summed E-state index contributed by atoms with van der Waals surface area (Å²) < 4.78 is 15.5. The van der Waals surface area contributed by atoms with Gasteiger partial charge in [0.1, 0.15) is 6.67 Å². The van der Waals surface area contributed by atoms with Crippen LogP contribution in [-0.4, -0.2) is 25.1 Å². The molecule has 0 N–H and O–H groups in total. The standard InChI is InChI=1S/C4H6ClFO2/c1-8-4(7)3(5)2-6/h3H,2H2,1H3. The Balaban J connectivity index is 3.46. The number of rotatable bonds is 2. The molecule has 0 aliphatic heterocycles. The molecule has 0 bridgehead atoms. The molecular formula is C4H6ClFO2. The molecule has 4 heteroatoms. The van der Waals surface area contributed by atoms with Gasteiger partial charge in [-0.25, -0.2) is 4.39 Å². The third-order valence-corrected chi connectivity index (χ3v) is 0.887. The first kappa shape index (κ1) is 7.69. The summed E-state index contributed by atoms with van der Waals surface area (Å²) in [4.78, 5) is 10.1. The lowest BCUT2D eigenvalue weighted by Gasteiger charge is -1.98. The van der Waals surface area contributed by atoms with Gasteiger partial charge in [-0.05, 0) is 0 Å². The minimum absolute atomic E-state index is 0.728. The third kappa shape index (κ3) is 2.12. The summed E-state index contributed by atoms with van der Waals surface area (Å²) in [7, 11) is 1.16. The molecule has 48 valence electrons. The van der Waals surface area contributed by atoms with Gasteiger partial charge >= 0.3 is 5.97 Å². The zero-order valence-corrected chi connectivity index (χ0v) is 5.11. The Morgan fingerprint density at radius 1 is 2.00 bits per heavy atom. The van der Waals surface area contributed by atoms with E-state index in [4.69, 9.17) is 11.6 Å². The minimum Gasteiger partial charge on any atom is -0.468 e. The molecule has 0 aromatic rings. The Kier molecular flexibility index (Phi) is 3.52. The van der Waals surface area contributed by atoms with Crippen LogP contribution >= 0.6 is 11.6 Å². The van der Waals surface area contributed by atoms with Crippen LogP contribution < -0.4 is 0 Å². The second-order valence-electron chi connectivity index (χ2n) is 1.14. The Morgan fingerprint density at radius 3 is 2.62 bits per heavy atom. The van der Waals surface area contributed by atoms with Gasteiger partial charge in [0.15, 0.2) is 5.38 Å². The Morgan fingerprint density at radius 2 is 2.50 bits per heavy atom. The molecule has 0 rings (SSSR count). The number of ether oxygens (including phenoxy) is 1. The Labute approximate surface area is 51.6 Å². The molecule has 2 nitrogen and oxygen atoms in total. The van der Waals surface area contributed by atoms with Gasteiger partial charge in [0.05, 0.1) is 7.11 Å². The maximum absolute atomic E-state index is 11.4. The second kappa shape index (κ2) is 3.66. The van der Waals surface area contributed by atoms with E-state index in [1.807, 2.05) is 0 Å². The van der Waals surface area contributed by atoms with Crippen molar-refractivity contribution >= 4 is 17.6 Å². The van der Waals surface area contributed by atoms with E-state index in [-0.39, 0.29) is 0 Å². The summed E-state index contributed by atoms with van der Waals surface area (Å²) in [5.41, 5.74) is 0. The van der Waals surface area contributed by atoms with Crippen molar-refractivity contribution in [3.63, 3.8) is 0 Å². The van der Waals surface area contributed by atoms with Crippen LogP contribution in [0.4, 0.5) is 4.39 Å². The number of carbonyl (C=O) groups is 1. The monoisotopic (exact) mass is 140 g/mol. The Bertz CT molecular complexity index is 86.1. The average Bonchev–Trinajstić information content (AvgIpc) is 1.84. The highest BCUT2D eigenvalue weighted by Gasteiger charge is 2.13. The van der Waals surface area contributed by atoms with Gasteiger partial charge < -0.3 is 4.74 Å². The molecule has 8 heavy (non-hydrogen) atoms. The highest BCUT2D eigenvalue weighted by atomic mass is 35.5. The van der Waals surface area contributed by atoms with Crippen molar-refractivity contribution in [3.8, 4) is 0 Å². The molecule has 0 aliphatic rings. The molecule has 0 fully saturated rings. The fraction of sp³-hybridized carbons (Fsp3) is 0.750. The van der Waals surface area contributed by atoms with E-state index in [1.54, 1.807) is 0 Å². The molecule has 0 amide bonds. The summed E-state index contributed by atoms with van der Waals surface area (Å²) in [6.07, 6.45) is 0. The first-order valence-corrected chi connectivity index (χ1v) is 2.44. The van der Waals surface area contributed by atoms with E-state index in [0.717, 1.165) is 7.11 Å². The second-order valence-corrected chi connectivity index (χ2v) is 1.67. The highest BCUT2D eigenvalue weighted by molar-refractivity contribution is 6.30. The number of methoxy groups -OCH3 is 1. The summed E-state index contributed by atoms with van der Waals surface area (Å²) in [5, 5.41) is -1.14. The van der Waals surface area contributed by atoms with Crippen LogP contribution in [0.15, 0.2) is 0 Å². The van der Waals surface area contributed by atoms with Crippen molar-refractivity contribution in [1.82, 2.24) is 0 Å². The first-order chi connectivity index (χ1) is 3.72. The maximum atomic E-state index is 11.4. The van der Waals surface area contributed by atoms with Crippen LogP contribution in [0.2, 0.25) is 0 Å². The lowest BCUT2D eigenvalue weighted by molar-refractivity contribution is -0.140. The molecule has 0 saturated heterocycles. The van der Waals surface area contributed by atoms with Gasteiger partial charge in [0.25, 0.3) is 0 Å². The first-order valence-electron chi connectivity index (χ1n) is 2.00. The van der Waals surface area contributed by atoms with Crippen molar-refractivity contribution in [2.24, 2.45) is 0 Å². The molecule has 0 radical (unpaired) electrons. The van der Waals surface area contributed by atoms with E-state index in [2.05, 4.69) is 4.74 Å². The molecule has 1 unspecified atom stereocenters. The normalized spacial score (nSPS) is 12.9. The van der Waals surface area contributed by atoms with E-state index < -0.39 is 18.0 Å². The van der Waals surface area contributed by atoms with Gasteiger partial charge in [-0.15, -0.1) is 11.6 Å². The van der Waals surface area contributed by atoms with Crippen LogP contribution in [0.1, 0.15) is 0 Å². The SMILES string of the molecule is COC(=O)C(Cl)CF. The fourth-order valence-electron chi connectivity index (χ4n) is 0.191. The number of hydrogen-bond acceptors (Lipinski definition) is 2. The van der Waals surface area contributed by atoms with E-state index in [9.17, 15) is 9.18 Å². The maximum Gasteiger partial charge on any atom is 0.326 e. The van der Waals surface area contributed by atoms with Crippen LogP contribution in [0.5, 0.6) is 0 Å². The lowest BCUT2D eigenvalue weighted by Crippen LogP contribution is -2.17. The molecule has 0 aromatic carbocycles. The van der Waals surface area contributed by atoms with Gasteiger partial charge in [-0.3, -0.25) is 4.79 Å². The summed E-state index contributed by atoms with van der Waals surface area (Å²) in [6, 6.07) is 0. The van der Waals surface area contributed by atoms with Crippen molar-refractivity contribution in [2.45, 2.75) is 5.38 Å².